The second kappa shape index (κ2) is 10.6. The van der Waals surface area contributed by atoms with E-state index < -0.39 is 0 Å². The van der Waals surface area contributed by atoms with Gasteiger partial charge >= 0.3 is 0 Å². The Morgan fingerprint density at radius 3 is 2.11 bits per heavy atom. The zero-order valence-electron chi connectivity index (χ0n) is 15.9. The molecule has 1 heterocycles. The lowest BCUT2D eigenvalue weighted by molar-refractivity contribution is 0.475. The van der Waals surface area contributed by atoms with E-state index in [0.717, 1.165) is 17.7 Å². The SMILES string of the molecule is CC.CNc1nc(NCCc2ccc(O)cc2)nc(Nc2ccccc2)n1. The monoisotopic (exact) mass is 366 g/mol. The van der Waals surface area contributed by atoms with Crippen LogP contribution in [0.5, 0.6) is 5.75 Å². The van der Waals surface area contributed by atoms with Crippen molar-refractivity contribution in [2.45, 2.75) is 20.3 Å². The minimum absolute atomic E-state index is 0.268. The second-order valence-electron chi connectivity index (χ2n) is 5.39. The Hall–Kier alpha value is -3.35. The Labute approximate surface area is 159 Å². The van der Waals surface area contributed by atoms with Crippen LogP contribution < -0.4 is 16.0 Å². The first-order valence-corrected chi connectivity index (χ1v) is 9.00. The van der Waals surface area contributed by atoms with Crippen LogP contribution in [0.1, 0.15) is 19.4 Å². The standard InChI is InChI=1S/C18H20N6O.C2H6/c1-19-16-22-17(20-12-11-13-7-9-15(25)10-8-13)24-18(23-16)21-14-5-3-2-4-6-14;1-2/h2-10,25H,11-12H2,1H3,(H3,19,20,21,22,23,24);1-2H3. The van der Waals surface area contributed by atoms with E-state index in [1.165, 1.54) is 0 Å². The molecule has 0 unspecified atom stereocenters. The molecule has 142 valence electrons. The summed E-state index contributed by atoms with van der Waals surface area (Å²) in [7, 11) is 1.77. The third-order valence-corrected chi connectivity index (χ3v) is 3.52. The number of phenols is 1. The van der Waals surface area contributed by atoms with Crippen LogP contribution in [0, 0.1) is 0 Å². The molecule has 27 heavy (non-hydrogen) atoms. The molecular weight excluding hydrogens is 340 g/mol. The minimum atomic E-state index is 0.268. The molecule has 3 aromatic rings. The number of hydrogen-bond donors (Lipinski definition) is 4. The second-order valence-corrected chi connectivity index (χ2v) is 5.39. The van der Waals surface area contributed by atoms with Crippen molar-refractivity contribution in [2.75, 3.05) is 29.5 Å². The Bertz CT molecular complexity index is 808. The molecule has 0 saturated heterocycles. The third-order valence-electron chi connectivity index (χ3n) is 3.52. The lowest BCUT2D eigenvalue weighted by Crippen LogP contribution is -2.11. The summed E-state index contributed by atoms with van der Waals surface area (Å²) in [5.74, 6) is 1.72. The number of para-hydroxylation sites is 1. The molecule has 1 aromatic heterocycles. The molecule has 2 aromatic carbocycles. The van der Waals surface area contributed by atoms with Crippen molar-refractivity contribution in [1.29, 1.82) is 0 Å². The van der Waals surface area contributed by atoms with Crippen molar-refractivity contribution in [2.24, 2.45) is 0 Å². The minimum Gasteiger partial charge on any atom is -0.508 e. The van der Waals surface area contributed by atoms with Crippen molar-refractivity contribution < 1.29 is 5.11 Å². The average molecular weight is 366 g/mol. The van der Waals surface area contributed by atoms with E-state index in [1.807, 2.05) is 56.3 Å². The molecule has 0 fully saturated rings. The molecular formula is C20H26N6O. The van der Waals surface area contributed by atoms with E-state index >= 15 is 0 Å². The number of benzene rings is 2. The van der Waals surface area contributed by atoms with Gasteiger partial charge < -0.3 is 21.1 Å². The topological polar surface area (TPSA) is 95.0 Å². The predicted molar refractivity (Wildman–Crippen MR) is 111 cm³/mol. The zero-order chi connectivity index (χ0) is 19.5. The van der Waals surface area contributed by atoms with E-state index in [0.29, 0.717) is 24.4 Å². The first-order chi connectivity index (χ1) is 13.2. The van der Waals surface area contributed by atoms with Gasteiger partial charge in [0.1, 0.15) is 5.75 Å². The molecule has 7 heteroatoms. The van der Waals surface area contributed by atoms with Gasteiger partial charge in [-0.2, -0.15) is 15.0 Å². The fourth-order valence-electron chi connectivity index (χ4n) is 2.25. The highest BCUT2D eigenvalue weighted by Gasteiger charge is 2.06. The normalized spacial score (nSPS) is 9.74. The fourth-order valence-corrected chi connectivity index (χ4v) is 2.25. The van der Waals surface area contributed by atoms with Crippen LogP contribution >= 0.6 is 0 Å². The summed E-state index contributed by atoms with van der Waals surface area (Å²) in [6, 6.07) is 16.9. The number of anilines is 4. The first-order valence-electron chi connectivity index (χ1n) is 9.00. The average Bonchev–Trinajstić information content (AvgIpc) is 2.71. The summed E-state index contributed by atoms with van der Waals surface area (Å²) in [5.41, 5.74) is 2.03. The van der Waals surface area contributed by atoms with Gasteiger partial charge in [-0.05, 0) is 36.2 Å². The van der Waals surface area contributed by atoms with Gasteiger partial charge in [-0.15, -0.1) is 0 Å². The molecule has 0 radical (unpaired) electrons. The highest BCUT2D eigenvalue weighted by molar-refractivity contribution is 5.55. The molecule has 0 atom stereocenters. The number of aromatic hydroxyl groups is 1. The van der Waals surface area contributed by atoms with Crippen LogP contribution in [-0.2, 0) is 6.42 Å². The van der Waals surface area contributed by atoms with Crippen LogP contribution in [0.3, 0.4) is 0 Å². The first kappa shape index (κ1) is 20.0. The van der Waals surface area contributed by atoms with Gasteiger partial charge in [-0.1, -0.05) is 44.2 Å². The molecule has 3 rings (SSSR count). The van der Waals surface area contributed by atoms with Crippen LogP contribution in [0.4, 0.5) is 23.5 Å². The van der Waals surface area contributed by atoms with Gasteiger partial charge in [0.05, 0.1) is 0 Å². The van der Waals surface area contributed by atoms with Gasteiger partial charge in [0.15, 0.2) is 0 Å². The van der Waals surface area contributed by atoms with Crippen LogP contribution in [0.2, 0.25) is 0 Å². The number of rotatable bonds is 7. The molecule has 0 aliphatic heterocycles. The summed E-state index contributed by atoms with van der Waals surface area (Å²) in [6.07, 6.45) is 0.794. The van der Waals surface area contributed by atoms with E-state index in [1.54, 1.807) is 19.2 Å². The quantitative estimate of drug-likeness (QED) is 0.501. The Balaban J connectivity index is 0.00000126. The lowest BCUT2D eigenvalue weighted by Gasteiger charge is -2.10. The van der Waals surface area contributed by atoms with Crippen molar-refractivity contribution in [3.63, 3.8) is 0 Å². The molecule has 0 aliphatic rings. The molecule has 4 N–H and O–H groups in total. The Morgan fingerprint density at radius 2 is 1.44 bits per heavy atom. The number of hydrogen-bond acceptors (Lipinski definition) is 7. The molecule has 7 nitrogen and oxygen atoms in total. The van der Waals surface area contributed by atoms with Crippen molar-refractivity contribution in [1.82, 2.24) is 15.0 Å². The van der Waals surface area contributed by atoms with Gasteiger partial charge in [0.25, 0.3) is 0 Å². The number of nitrogens with one attached hydrogen (secondary N) is 3. The molecule has 0 saturated carbocycles. The summed E-state index contributed by atoms with van der Waals surface area (Å²) in [4.78, 5) is 13.0. The third kappa shape index (κ3) is 6.47. The smallest absolute Gasteiger partial charge is 0.233 e. The lowest BCUT2D eigenvalue weighted by atomic mass is 10.1. The van der Waals surface area contributed by atoms with Gasteiger partial charge in [0, 0.05) is 19.3 Å². The number of aromatic nitrogens is 3. The zero-order valence-corrected chi connectivity index (χ0v) is 15.9. The maximum atomic E-state index is 9.31. The number of nitrogens with zero attached hydrogens (tertiary/aromatic N) is 3. The van der Waals surface area contributed by atoms with Crippen LogP contribution in [0.15, 0.2) is 54.6 Å². The van der Waals surface area contributed by atoms with Gasteiger partial charge in [0.2, 0.25) is 17.8 Å². The Kier molecular flexibility index (Phi) is 7.84. The summed E-state index contributed by atoms with van der Waals surface area (Å²) in [5, 5.41) is 18.6. The highest BCUT2D eigenvalue weighted by Crippen LogP contribution is 2.15. The molecule has 0 aliphatic carbocycles. The molecule has 0 spiro atoms. The summed E-state index contributed by atoms with van der Waals surface area (Å²) < 4.78 is 0. The van der Waals surface area contributed by atoms with Crippen LogP contribution in [-0.4, -0.2) is 33.7 Å². The van der Waals surface area contributed by atoms with Crippen molar-refractivity contribution >= 4 is 23.5 Å². The van der Waals surface area contributed by atoms with Gasteiger partial charge in [-0.3, -0.25) is 0 Å². The predicted octanol–water partition coefficient (Wildman–Crippen LogP) is 4.04. The highest BCUT2D eigenvalue weighted by atomic mass is 16.3. The Morgan fingerprint density at radius 1 is 0.815 bits per heavy atom. The molecule has 0 bridgehead atoms. The number of phenolic OH excluding ortho intramolecular Hbond substituents is 1. The van der Waals surface area contributed by atoms with Gasteiger partial charge in [-0.25, -0.2) is 0 Å². The maximum Gasteiger partial charge on any atom is 0.233 e. The maximum absolute atomic E-state index is 9.31. The molecule has 0 amide bonds. The van der Waals surface area contributed by atoms with Crippen molar-refractivity contribution in [3.8, 4) is 5.75 Å². The van der Waals surface area contributed by atoms with E-state index in [4.69, 9.17) is 0 Å². The van der Waals surface area contributed by atoms with Crippen LogP contribution in [0.25, 0.3) is 0 Å². The van der Waals surface area contributed by atoms with Crippen molar-refractivity contribution in [3.05, 3.63) is 60.2 Å². The van der Waals surface area contributed by atoms with E-state index in [9.17, 15) is 5.11 Å². The fraction of sp³-hybridized carbons (Fsp3) is 0.250. The van der Waals surface area contributed by atoms with E-state index in [2.05, 4.69) is 30.9 Å². The largest absolute Gasteiger partial charge is 0.508 e. The summed E-state index contributed by atoms with van der Waals surface area (Å²) in [6.45, 7) is 4.67. The summed E-state index contributed by atoms with van der Waals surface area (Å²) >= 11 is 0. The van der Waals surface area contributed by atoms with E-state index in [-0.39, 0.29) is 5.75 Å².